The summed E-state index contributed by atoms with van der Waals surface area (Å²) >= 11 is 0. The summed E-state index contributed by atoms with van der Waals surface area (Å²) < 4.78 is 0. The van der Waals surface area contributed by atoms with Crippen LogP contribution in [0.2, 0.25) is 0 Å². The van der Waals surface area contributed by atoms with Gasteiger partial charge >= 0.3 is 5.69 Å². The van der Waals surface area contributed by atoms with Crippen molar-refractivity contribution < 1.29 is 10.2 Å². The maximum absolute atomic E-state index is 11.2. The smallest absolute Gasteiger partial charge is 0.323 e. The number of aromatic amines is 2. The third-order valence-corrected chi connectivity index (χ3v) is 3.84. The summed E-state index contributed by atoms with van der Waals surface area (Å²) in [5.41, 5.74) is 1.56. The van der Waals surface area contributed by atoms with Gasteiger partial charge in [0.05, 0.1) is 29.8 Å². The van der Waals surface area contributed by atoms with E-state index in [-0.39, 0.29) is 24.9 Å². The van der Waals surface area contributed by atoms with Gasteiger partial charge in [0.1, 0.15) is 0 Å². The molecule has 0 saturated heterocycles. The van der Waals surface area contributed by atoms with Crippen molar-refractivity contribution in [2.24, 2.45) is 0 Å². The van der Waals surface area contributed by atoms with E-state index in [1.54, 1.807) is 0 Å². The second kappa shape index (κ2) is 5.78. The van der Waals surface area contributed by atoms with Gasteiger partial charge in [-0.15, -0.1) is 0 Å². The van der Waals surface area contributed by atoms with Crippen LogP contribution >= 0.6 is 0 Å². The van der Waals surface area contributed by atoms with Gasteiger partial charge in [-0.1, -0.05) is 13.0 Å². The van der Waals surface area contributed by atoms with E-state index < -0.39 is 5.54 Å². The lowest BCUT2D eigenvalue weighted by atomic mass is 9.95. The number of hydrogen-bond donors (Lipinski definition) is 5. The Labute approximate surface area is 116 Å². The van der Waals surface area contributed by atoms with E-state index in [2.05, 4.69) is 15.3 Å². The Morgan fingerprint density at radius 2 is 1.90 bits per heavy atom. The molecule has 0 saturated carbocycles. The molecule has 5 N–H and O–H groups in total. The number of H-pyrrole nitrogens is 2. The molecule has 2 rings (SSSR count). The van der Waals surface area contributed by atoms with Gasteiger partial charge in [0, 0.05) is 6.04 Å². The normalized spacial score (nSPS) is 13.8. The summed E-state index contributed by atoms with van der Waals surface area (Å²) in [7, 11) is 0. The first kappa shape index (κ1) is 14.8. The zero-order valence-electron chi connectivity index (χ0n) is 11.7. The molecular weight excluding hydrogens is 258 g/mol. The number of hydrogen-bond acceptors (Lipinski definition) is 4. The van der Waals surface area contributed by atoms with Gasteiger partial charge in [0.2, 0.25) is 0 Å². The number of aromatic nitrogens is 2. The number of nitrogens with one attached hydrogen (secondary N) is 3. The molecule has 0 aliphatic heterocycles. The van der Waals surface area contributed by atoms with Crippen LogP contribution in [0.4, 0.5) is 0 Å². The minimum Gasteiger partial charge on any atom is -0.394 e. The number of rotatable bonds is 6. The highest BCUT2D eigenvalue weighted by molar-refractivity contribution is 5.75. The van der Waals surface area contributed by atoms with Crippen LogP contribution in [0.15, 0.2) is 23.0 Å². The summed E-state index contributed by atoms with van der Waals surface area (Å²) in [6, 6.07) is 5.59. The van der Waals surface area contributed by atoms with Gasteiger partial charge in [-0.2, -0.15) is 0 Å². The summed E-state index contributed by atoms with van der Waals surface area (Å²) in [5.74, 6) is 0. The predicted octanol–water partition coefficient (Wildman–Crippen LogP) is 0.640. The van der Waals surface area contributed by atoms with E-state index in [0.29, 0.717) is 6.42 Å². The summed E-state index contributed by atoms with van der Waals surface area (Å²) in [6.07, 6.45) is 0.619. The average molecular weight is 279 g/mol. The van der Waals surface area contributed by atoms with Gasteiger partial charge in [0.15, 0.2) is 0 Å². The first-order chi connectivity index (χ1) is 9.53. The Morgan fingerprint density at radius 3 is 2.50 bits per heavy atom. The van der Waals surface area contributed by atoms with Gasteiger partial charge in [-0.3, -0.25) is 0 Å². The third-order valence-electron chi connectivity index (χ3n) is 3.84. The molecule has 6 nitrogen and oxygen atoms in total. The maximum Gasteiger partial charge on any atom is 0.323 e. The monoisotopic (exact) mass is 279 g/mol. The predicted molar refractivity (Wildman–Crippen MR) is 77.7 cm³/mol. The van der Waals surface area contributed by atoms with Crippen LogP contribution in [0.5, 0.6) is 0 Å². The van der Waals surface area contributed by atoms with Crippen molar-refractivity contribution in [3.05, 3.63) is 34.2 Å². The van der Waals surface area contributed by atoms with E-state index in [1.807, 2.05) is 32.0 Å². The fraction of sp³-hybridized carbons (Fsp3) is 0.500. The van der Waals surface area contributed by atoms with E-state index in [9.17, 15) is 15.0 Å². The highest BCUT2D eigenvalue weighted by atomic mass is 16.3. The van der Waals surface area contributed by atoms with Crippen molar-refractivity contribution in [3.8, 4) is 0 Å². The number of fused-ring (bicyclic) bond motifs is 1. The Morgan fingerprint density at radius 1 is 1.25 bits per heavy atom. The molecule has 0 amide bonds. The van der Waals surface area contributed by atoms with Crippen LogP contribution in [0.25, 0.3) is 11.0 Å². The second-order valence-electron chi connectivity index (χ2n) is 5.20. The first-order valence-electron chi connectivity index (χ1n) is 6.75. The SMILES string of the molecule is CCC(CO)(CO)NC(C)c1ccc2[nH]c(=O)[nH]c2c1. The molecule has 6 heteroatoms. The molecule has 0 radical (unpaired) electrons. The Kier molecular flexibility index (Phi) is 4.27. The van der Waals surface area contributed by atoms with Crippen LogP contribution < -0.4 is 11.0 Å². The van der Waals surface area contributed by atoms with Gasteiger partial charge < -0.3 is 25.5 Å². The minimum atomic E-state index is -0.695. The molecule has 0 bridgehead atoms. The molecule has 1 aromatic heterocycles. The molecule has 0 aliphatic rings. The molecular formula is C14H21N3O3. The molecule has 110 valence electrons. The van der Waals surface area contributed by atoms with Crippen LogP contribution in [0, 0.1) is 0 Å². The van der Waals surface area contributed by atoms with Crippen molar-refractivity contribution >= 4 is 11.0 Å². The van der Waals surface area contributed by atoms with E-state index in [0.717, 1.165) is 16.6 Å². The van der Waals surface area contributed by atoms with Crippen molar-refractivity contribution in [2.75, 3.05) is 13.2 Å². The van der Waals surface area contributed by atoms with Crippen molar-refractivity contribution in [3.63, 3.8) is 0 Å². The molecule has 1 heterocycles. The summed E-state index contributed by atoms with van der Waals surface area (Å²) in [5, 5.41) is 22.2. The van der Waals surface area contributed by atoms with Crippen molar-refractivity contribution in [1.82, 2.24) is 15.3 Å². The Bertz CT molecular complexity index is 620. The largest absolute Gasteiger partial charge is 0.394 e. The number of aliphatic hydroxyl groups is 2. The topological polar surface area (TPSA) is 101 Å². The fourth-order valence-electron chi connectivity index (χ4n) is 2.33. The molecule has 20 heavy (non-hydrogen) atoms. The number of imidazole rings is 1. The number of benzene rings is 1. The number of aliphatic hydroxyl groups excluding tert-OH is 2. The Balaban J connectivity index is 2.26. The standard InChI is InChI=1S/C14H21N3O3/c1-3-14(7-18,8-19)17-9(2)10-4-5-11-12(6-10)16-13(20)15-11/h4-6,9,17-19H,3,7-8H2,1-2H3,(H2,15,16,20). The lowest BCUT2D eigenvalue weighted by Gasteiger charge is -2.33. The zero-order chi connectivity index (χ0) is 14.8. The third kappa shape index (κ3) is 2.77. The van der Waals surface area contributed by atoms with Crippen LogP contribution in [0.3, 0.4) is 0 Å². The molecule has 0 spiro atoms. The molecule has 0 aliphatic carbocycles. The molecule has 1 atom stereocenters. The zero-order valence-corrected chi connectivity index (χ0v) is 11.7. The maximum atomic E-state index is 11.2. The molecule has 0 fully saturated rings. The summed E-state index contributed by atoms with van der Waals surface area (Å²) in [4.78, 5) is 16.7. The van der Waals surface area contributed by atoms with E-state index in [1.165, 1.54) is 0 Å². The van der Waals surface area contributed by atoms with Crippen molar-refractivity contribution in [2.45, 2.75) is 31.8 Å². The van der Waals surface area contributed by atoms with E-state index in [4.69, 9.17) is 0 Å². The average Bonchev–Trinajstić information content (AvgIpc) is 2.83. The van der Waals surface area contributed by atoms with Crippen LogP contribution in [-0.4, -0.2) is 38.9 Å². The lowest BCUT2D eigenvalue weighted by molar-refractivity contribution is 0.0793. The molecule has 2 aromatic rings. The molecule has 1 unspecified atom stereocenters. The minimum absolute atomic E-state index is 0.0583. The molecule has 1 aromatic carbocycles. The lowest BCUT2D eigenvalue weighted by Crippen LogP contribution is -2.52. The van der Waals surface area contributed by atoms with Gasteiger partial charge in [-0.05, 0) is 31.0 Å². The first-order valence-corrected chi connectivity index (χ1v) is 6.75. The van der Waals surface area contributed by atoms with Crippen LogP contribution in [-0.2, 0) is 0 Å². The highest BCUT2D eigenvalue weighted by Crippen LogP contribution is 2.21. The Hall–Kier alpha value is -1.63. The van der Waals surface area contributed by atoms with Gasteiger partial charge in [-0.25, -0.2) is 4.79 Å². The highest BCUT2D eigenvalue weighted by Gasteiger charge is 2.28. The fourth-order valence-corrected chi connectivity index (χ4v) is 2.33. The summed E-state index contributed by atoms with van der Waals surface area (Å²) in [6.45, 7) is 3.61. The second-order valence-corrected chi connectivity index (χ2v) is 5.20. The van der Waals surface area contributed by atoms with Crippen LogP contribution in [0.1, 0.15) is 31.9 Å². The quantitative estimate of drug-likeness (QED) is 0.535. The van der Waals surface area contributed by atoms with E-state index >= 15 is 0 Å². The van der Waals surface area contributed by atoms with Crippen molar-refractivity contribution in [1.29, 1.82) is 0 Å². The van der Waals surface area contributed by atoms with Gasteiger partial charge in [0.25, 0.3) is 0 Å².